The van der Waals surface area contributed by atoms with Gasteiger partial charge in [0.1, 0.15) is 5.82 Å². The maximum absolute atomic E-state index is 13.0. The van der Waals surface area contributed by atoms with Gasteiger partial charge in [0.2, 0.25) is 0 Å². The molecule has 0 radical (unpaired) electrons. The summed E-state index contributed by atoms with van der Waals surface area (Å²) in [5.41, 5.74) is 1.12. The van der Waals surface area contributed by atoms with Crippen molar-refractivity contribution in [1.82, 2.24) is 5.32 Å². The van der Waals surface area contributed by atoms with Crippen LogP contribution < -0.4 is 5.32 Å². The molecule has 0 bridgehead atoms. The molecule has 1 N–H and O–H groups in total. The van der Waals surface area contributed by atoms with E-state index in [-0.39, 0.29) is 10.8 Å². The number of thioether (sulfide) groups is 1. The van der Waals surface area contributed by atoms with Crippen LogP contribution in [0.25, 0.3) is 0 Å². The van der Waals surface area contributed by atoms with E-state index in [2.05, 4.69) is 5.32 Å². The summed E-state index contributed by atoms with van der Waals surface area (Å²) in [4.78, 5) is 0. The van der Waals surface area contributed by atoms with E-state index in [1.807, 2.05) is 24.9 Å². The molecule has 1 saturated heterocycles. The highest BCUT2D eigenvalue weighted by Crippen LogP contribution is 2.28. The fourth-order valence-electron chi connectivity index (χ4n) is 2.09. The first-order chi connectivity index (χ1) is 7.70. The van der Waals surface area contributed by atoms with Gasteiger partial charge in [0.15, 0.2) is 0 Å². The van der Waals surface area contributed by atoms with Crippen LogP contribution in [-0.2, 0) is 6.42 Å². The monoisotopic (exact) mass is 259 g/mol. The second-order valence-electron chi connectivity index (χ2n) is 4.15. The summed E-state index contributed by atoms with van der Waals surface area (Å²) in [7, 11) is 2.00. The van der Waals surface area contributed by atoms with Gasteiger partial charge in [-0.2, -0.15) is 11.8 Å². The van der Waals surface area contributed by atoms with Crippen LogP contribution in [0.4, 0.5) is 4.39 Å². The lowest BCUT2D eigenvalue weighted by atomic mass is 9.95. The lowest BCUT2D eigenvalue weighted by molar-refractivity contribution is 0.453. The summed E-state index contributed by atoms with van der Waals surface area (Å²) in [6.07, 6.45) is 0.971. The molecule has 88 valence electrons. The van der Waals surface area contributed by atoms with Gasteiger partial charge >= 0.3 is 0 Å². The zero-order valence-corrected chi connectivity index (χ0v) is 10.7. The number of rotatable bonds is 3. The molecule has 2 unspecified atom stereocenters. The third-order valence-corrected chi connectivity index (χ3v) is 4.60. The van der Waals surface area contributed by atoms with E-state index < -0.39 is 0 Å². The Morgan fingerprint density at radius 3 is 3.00 bits per heavy atom. The summed E-state index contributed by atoms with van der Waals surface area (Å²) in [5, 5.41) is 3.56. The number of nitrogens with one attached hydrogen (secondary N) is 1. The maximum Gasteiger partial charge on any atom is 0.141 e. The van der Waals surface area contributed by atoms with E-state index in [0.29, 0.717) is 12.0 Å². The van der Waals surface area contributed by atoms with Gasteiger partial charge < -0.3 is 5.32 Å². The lowest BCUT2D eigenvalue weighted by Gasteiger charge is -2.18. The zero-order chi connectivity index (χ0) is 11.5. The first kappa shape index (κ1) is 12.2. The molecule has 1 aromatic carbocycles. The number of hydrogen-bond acceptors (Lipinski definition) is 2. The standard InChI is InChI=1S/C12H15ClFNS/c1-15-12-7-16-6-9(12)4-8-2-3-11(14)10(13)5-8/h2-3,5,9,12,15H,4,6-7H2,1H3. The molecule has 4 heteroatoms. The largest absolute Gasteiger partial charge is 0.316 e. The molecular formula is C12H15ClFNS. The lowest BCUT2D eigenvalue weighted by Crippen LogP contribution is -2.33. The average Bonchev–Trinajstić information content (AvgIpc) is 2.71. The van der Waals surface area contributed by atoms with Gasteiger partial charge in [-0.1, -0.05) is 17.7 Å². The van der Waals surface area contributed by atoms with Crippen molar-refractivity contribution in [3.8, 4) is 0 Å². The minimum atomic E-state index is -0.337. The maximum atomic E-state index is 13.0. The summed E-state index contributed by atoms with van der Waals surface area (Å²) in [5.74, 6) is 2.62. The first-order valence-corrected chi connectivity index (χ1v) is 6.93. The Kier molecular flexibility index (Phi) is 4.11. The smallest absolute Gasteiger partial charge is 0.141 e. The van der Waals surface area contributed by atoms with Crippen molar-refractivity contribution in [3.05, 3.63) is 34.6 Å². The van der Waals surface area contributed by atoms with Crippen LogP contribution >= 0.6 is 23.4 Å². The second-order valence-corrected chi connectivity index (χ2v) is 5.63. The number of benzene rings is 1. The van der Waals surface area contributed by atoms with Crippen molar-refractivity contribution in [3.63, 3.8) is 0 Å². The molecule has 16 heavy (non-hydrogen) atoms. The molecule has 1 fully saturated rings. The fraction of sp³-hybridized carbons (Fsp3) is 0.500. The van der Waals surface area contributed by atoms with E-state index in [4.69, 9.17) is 11.6 Å². The van der Waals surface area contributed by atoms with Crippen molar-refractivity contribution < 1.29 is 4.39 Å². The Hall–Kier alpha value is -0.250. The van der Waals surface area contributed by atoms with Gasteiger partial charge in [0.25, 0.3) is 0 Å². The van der Waals surface area contributed by atoms with Crippen LogP contribution in [-0.4, -0.2) is 24.6 Å². The van der Waals surface area contributed by atoms with Gasteiger partial charge in [0, 0.05) is 11.8 Å². The van der Waals surface area contributed by atoms with Gasteiger partial charge in [-0.15, -0.1) is 0 Å². The van der Waals surface area contributed by atoms with E-state index in [1.165, 1.54) is 11.8 Å². The molecular weight excluding hydrogens is 245 g/mol. The third-order valence-electron chi connectivity index (χ3n) is 3.05. The topological polar surface area (TPSA) is 12.0 Å². The van der Waals surface area contributed by atoms with Crippen molar-refractivity contribution in [2.24, 2.45) is 5.92 Å². The highest BCUT2D eigenvalue weighted by atomic mass is 35.5. The molecule has 0 amide bonds. The van der Waals surface area contributed by atoms with Crippen LogP contribution in [0, 0.1) is 11.7 Å². The van der Waals surface area contributed by atoms with E-state index in [0.717, 1.165) is 17.7 Å². The zero-order valence-electron chi connectivity index (χ0n) is 9.17. The normalized spacial score (nSPS) is 24.9. The number of halogens is 2. The molecule has 1 aliphatic heterocycles. The van der Waals surface area contributed by atoms with Gasteiger partial charge in [-0.3, -0.25) is 0 Å². The van der Waals surface area contributed by atoms with Gasteiger partial charge in [-0.05, 0) is 42.8 Å². The molecule has 0 saturated carbocycles. The van der Waals surface area contributed by atoms with E-state index in [1.54, 1.807) is 6.07 Å². The van der Waals surface area contributed by atoms with Crippen LogP contribution in [0.3, 0.4) is 0 Å². The molecule has 2 atom stereocenters. The predicted octanol–water partition coefficient (Wildman–Crippen LogP) is 2.97. The fourth-order valence-corrected chi connectivity index (χ4v) is 3.77. The van der Waals surface area contributed by atoms with Crippen LogP contribution in [0.1, 0.15) is 5.56 Å². The van der Waals surface area contributed by atoms with Crippen LogP contribution in [0.5, 0.6) is 0 Å². The Labute approximate surface area is 105 Å². The molecule has 2 rings (SSSR count). The quantitative estimate of drug-likeness (QED) is 0.896. The highest BCUT2D eigenvalue weighted by molar-refractivity contribution is 7.99. The Morgan fingerprint density at radius 1 is 1.50 bits per heavy atom. The minimum Gasteiger partial charge on any atom is -0.316 e. The summed E-state index contributed by atoms with van der Waals surface area (Å²) in [6.45, 7) is 0. The minimum absolute atomic E-state index is 0.226. The third kappa shape index (κ3) is 2.70. The molecule has 1 aliphatic rings. The second kappa shape index (κ2) is 5.39. The predicted molar refractivity (Wildman–Crippen MR) is 68.8 cm³/mol. The van der Waals surface area contributed by atoms with E-state index in [9.17, 15) is 4.39 Å². The SMILES string of the molecule is CNC1CSCC1Cc1ccc(F)c(Cl)c1. The number of hydrogen-bond donors (Lipinski definition) is 1. The van der Waals surface area contributed by atoms with Crippen molar-refractivity contribution in [1.29, 1.82) is 0 Å². The molecule has 0 aliphatic carbocycles. The van der Waals surface area contributed by atoms with Crippen molar-refractivity contribution in [2.45, 2.75) is 12.5 Å². The van der Waals surface area contributed by atoms with Crippen LogP contribution in [0.15, 0.2) is 18.2 Å². The summed E-state index contributed by atoms with van der Waals surface area (Å²) in [6, 6.07) is 5.59. The Bertz CT molecular complexity index is 372. The van der Waals surface area contributed by atoms with Gasteiger partial charge in [0.05, 0.1) is 5.02 Å². The average molecular weight is 260 g/mol. The molecule has 0 spiro atoms. The first-order valence-electron chi connectivity index (χ1n) is 5.39. The van der Waals surface area contributed by atoms with Crippen molar-refractivity contribution >= 4 is 23.4 Å². The van der Waals surface area contributed by atoms with E-state index >= 15 is 0 Å². The Balaban J connectivity index is 2.05. The van der Waals surface area contributed by atoms with Gasteiger partial charge in [-0.25, -0.2) is 4.39 Å². The highest BCUT2D eigenvalue weighted by Gasteiger charge is 2.26. The van der Waals surface area contributed by atoms with Crippen molar-refractivity contribution in [2.75, 3.05) is 18.6 Å². The molecule has 1 nitrogen and oxygen atoms in total. The van der Waals surface area contributed by atoms with Crippen LogP contribution in [0.2, 0.25) is 5.02 Å². The molecule has 1 heterocycles. The Morgan fingerprint density at radius 2 is 2.31 bits per heavy atom. The summed E-state index contributed by atoms with van der Waals surface area (Å²) < 4.78 is 13.0. The molecule has 0 aromatic heterocycles. The summed E-state index contributed by atoms with van der Waals surface area (Å²) >= 11 is 7.75. The molecule has 1 aromatic rings.